The van der Waals surface area contributed by atoms with Crippen molar-refractivity contribution in [3.63, 3.8) is 0 Å². The summed E-state index contributed by atoms with van der Waals surface area (Å²) in [7, 11) is 0. The second kappa shape index (κ2) is 9.79. The van der Waals surface area contributed by atoms with E-state index < -0.39 is 5.60 Å². The Morgan fingerprint density at radius 1 is 1.19 bits per heavy atom. The number of pyridine rings is 1. The van der Waals surface area contributed by atoms with Crippen LogP contribution in [0.25, 0.3) is 17.2 Å². The van der Waals surface area contributed by atoms with E-state index >= 15 is 0 Å². The Morgan fingerprint density at radius 3 is 2.75 bits per heavy atom. The largest absolute Gasteiger partial charge is 0.489 e. The molecule has 0 saturated carbocycles. The van der Waals surface area contributed by atoms with E-state index in [9.17, 15) is 10.1 Å². The Hall–Kier alpha value is -3.63. The molecule has 1 saturated heterocycles. The lowest BCUT2D eigenvalue weighted by atomic mass is 9.98. The standard InChI is InChI=1S/C29H31N3O4/c1-29(2,3)36-28(33)32-11-7-20(18-32)21-15-25-24(6-10-31-26(25)16-21)19-4-5-27(22(14-19)17-30)35-23-8-12-34-13-9-23/h4-7,10,14-15,23H,8-9,11-13,16,18H2,1-3H3. The fraction of sp³-hybridized carbons (Fsp3) is 0.414. The first kappa shape index (κ1) is 24.1. The molecule has 3 heterocycles. The molecule has 0 atom stereocenters. The Balaban J connectivity index is 1.35. The highest BCUT2D eigenvalue weighted by molar-refractivity contribution is 5.82. The van der Waals surface area contributed by atoms with Gasteiger partial charge in [-0.3, -0.25) is 4.98 Å². The predicted molar refractivity (Wildman–Crippen MR) is 136 cm³/mol. The molecule has 36 heavy (non-hydrogen) atoms. The van der Waals surface area contributed by atoms with Crippen LogP contribution in [0.15, 0.2) is 47.7 Å². The maximum atomic E-state index is 12.5. The molecule has 1 fully saturated rings. The summed E-state index contributed by atoms with van der Waals surface area (Å²) >= 11 is 0. The lowest BCUT2D eigenvalue weighted by molar-refractivity contribution is 0.0254. The van der Waals surface area contributed by atoms with Gasteiger partial charge >= 0.3 is 6.09 Å². The van der Waals surface area contributed by atoms with E-state index in [4.69, 9.17) is 14.2 Å². The molecule has 2 aromatic rings. The van der Waals surface area contributed by atoms with Crippen molar-refractivity contribution in [3.05, 3.63) is 64.5 Å². The highest BCUT2D eigenvalue weighted by Gasteiger charge is 2.29. The molecule has 3 aliphatic rings. The Bertz CT molecular complexity index is 1280. The summed E-state index contributed by atoms with van der Waals surface area (Å²) in [6.07, 6.45) is 8.24. The van der Waals surface area contributed by atoms with Crippen LogP contribution in [0.1, 0.15) is 50.4 Å². The molecule has 7 heteroatoms. The minimum atomic E-state index is -0.519. The molecule has 1 aromatic carbocycles. The molecule has 7 nitrogen and oxygen atoms in total. The molecule has 186 valence electrons. The van der Waals surface area contributed by atoms with Gasteiger partial charge < -0.3 is 19.1 Å². The zero-order chi connectivity index (χ0) is 25.3. The number of carbonyl (C=O) groups excluding carboxylic acids is 1. The van der Waals surface area contributed by atoms with Crippen LogP contribution in [-0.4, -0.2) is 54.0 Å². The van der Waals surface area contributed by atoms with Gasteiger partial charge in [-0.1, -0.05) is 12.1 Å². The smallest absolute Gasteiger partial charge is 0.410 e. The van der Waals surface area contributed by atoms with E-state index in [1.165, 1.54) is 0 Å². The number of nitriles is 1. The topological polar surface area (TPSA) is 84.7 Å². The fourth-order valence-corrected chi connectivity index (χ4v) is 4.80. The SMILES string of the molecule is CC(C)(C)OC(=O)N1CC=C(C2=Cc3c(-c4ccc(OC5CCOCC5)c(C#N)c4)ccnc3C2)C1. The van der Waals surface area contributed by atoms with E-state index in [1.54, 1.807) is 4.90 Å². The van der Waals surface area contributed by atoms with Crippen LogP contribution >= 0.6 is 0 Å². The van der Waals surface area contributed by atoms with Crippen LogP contribution in [0.4, 0.5) is 4.79 Å². The summed E-state index contributed by atoms with van der Waals surface area (Å²) < 4.78 is 17.1. The van der Waals surface area contributed by atoms with Crippen molar-refractivity contribution in [2.75, 3.05) is 26.3 Å². The van der Waals surface area contributed by atoms with Crippen molar-refractivity contribution in [2.45, 2.75) is 51.7 Å². The predicted octanol–water partition coefficient (Wildman–Crippen LogP) is 5.29. The van der Waals surface area contributed by atoms with Gasteiger partial charge in [0.05, 0.1) is 24.5 Å². The van der Waals surface area contributed by atoms with Crippen LogP contribution in [0.5, 0.6) is 5.75 Å². The molecule has 5 rings (SSSR count). The minimum absolute atomic E-state index is 0.0762. The first-order chi connectivity index (χ1) is 17.3. The first-order valence-electron chi connectivity index (χ1n) is 12.5. The van der Waals surface area contributed by atoms with Gasteiger partial charge in [0.1, 0.15) is 23.5 Å². The van der Waals surface area contributed by atoms with E-state index in [2.05, 4.69) is 23.2 Å². The third-order valence-electron chi connectivity index (χ3n) is 6.61. The van der Waals surface area contributed by atoms with E-state index in [1.807, 2.05) is 51.2 Å². The summed E-state index contributed by atoms with van der Waals surface area (Å²) in [5.41, 5.74) is 6.35. The number of fused-ring (bicyclic) bond motifs is 1. The normalized spacial score (nSPS) is 17.8. The number of carbonyl (C=O) groups is 1. The van der Waals surface area contributed by atoms with Crippen molar-refractivity contribution in [1.29, 1.82) is 5.26 Å². The molecule has 0 N–H and O–H groups in total. The zero-order valence-electron chi connectivity index (χ0n) is 21.0. The molecule has 0 unspecified atom stereocenters. The third kappa shape index (κ3) is 5.14. The van der Waals surface area contributed by atoms with Crippen molar-refractivity contribution in [2.24, 2.45) is 0 Å². The van der Waals surface area contributed by atoms with Crippen LogP contribution in [0.3, 0.4) is 0 Å². The van der Waals surface area contributed by atoms with Crippen LogP contribution in [-0.2, 0) is 15.9 Å². The number of amides is 1. The number of nitrogens with zero attached hydrogens (tertiary/aromatic N) is 3. The molecule has 2 aliphatic heterocycles. The van der Waals surface area contributed by atoms with Gasteiger partial charge in [0.2, 0.25) is 0 Å². The third-order valence-corrected chi connectivity index (χ3v) is 6.61. The van der Waals surface area contributed by atoms with Crippen molar-refractivity contribution in [3.8, 4) is 22.9 Å². The summed E-state index contributed by atoms with van der Waals surface area (Å²) in [6.45, 7) is 8.07. The number of rotatable bonds is 4. The highest BCUT2D eigenvalue weighted by Crippen LogP contribution is 2.37. The summed E-state index contributed by atoms with van der Waals surface area (Å²) in [6, 6.07) is 10.1. The zero-order valence-corrected chi connectivity index (χ0v) is 21.0. The number of hydrogen-bond donors (Lipinski definition) is 0. The minimum Gasteiger partial charge on any atom is -0.489 e. The Labute approximate surface area is 212 Å². The summed E-state index contributed by atoms with van der Waals surface area (Å²) in [4.78, 5) is 18.8. The van der Waals surface area contributed by atoms with E-state index in [0.717, 1.165) is 46.4 Å². The van der Waals surface area contributed by atoms with Gasteiger partial charge in [-0.05, 0) is 67.3 Å². The monoisotopic (exact) mass is 485 g/mol. The van der Waals surface area contributed by atoms with Gasteiger partial charge in [-0.2, -0.15) is 5.26 Å². The van der Waals surface area contributed by atoms with Crippen molar-refractivity contribution >= 4 is 12.2 Å². The molecule has 0 spiro atoms. The lowest BCUT2D eigenvalue weighted by Gasteiger charge is -2.24. The highest BCUT2D eigenvalue weighted by atomic mass is 16.6. The Kier molecular flexibility index (Phi) is 6.55. The second-order valence-electron chi connectivity index (χ2n) is 10.4. The number of ether oxygens (including phenoxy) is 3. The average molecular weight is 486 g/mol. The molecular weight excluding hydrogens is 454 g/mol. The number of benzene rings is 1. The first-order valence-corrected chi connectivity index (χ1v) is 12.5. The average Bonchev–Trinajstić information content (AvgIpc) is 3.51. The number of aromatic nitrogens is 1. The van der Waals surface area contributed by atoms with Gasteiger partial charge in [-0.15, -0.1) is 0 Å². The molecule has 1 aliphatic carbocycles. The molecular formula is C29H31N3O4. The maximum Gasteiger partial charge on any atom is 0.410 e. The van der Waals surface area contributed by atoms with Crippen molar-refractivity contribution < 1.29 is 19.0 Å². The molecule has 0 bridgehead atoms. The molecule has 1 amide bonds. The second-order valence-corrected chi connectivity index (χ2v) is 10.4. The van der Waals surface area contributed by atoms with Gasteiger partial charge in [0.25, 0.3) is 0 Å². The molecule has 1 aromatic heterocycles. The van der Waals surface area contributed by atoms with E-state index in [0.29, 0.717) is 44.0 Å². The maximum absolute atomic E-state index is 12.5. The summed E-state index contributed by atoms with van der Waals surface area (Å²) in [5, 5.41) is 9.81. The quantitative estimate of drug-likeness (QED) is 0.585. The fourth-order valence-electron chi connectivity index (χ4n) is 4.80. The van der Waals surface area contributed by atoms with Crippen molar-refractivity contribution in [1.82, 2.24) is 9.88 Å². The number of hydrogen-bond acceptors (Lipinski definition) is 6. The van der Waals surface area contributed by atoms with Gasteiger partial charge in [0, 0.05) is 44.1 Å². The molecule has 0 radical (unpaired) electrons. The van der Waals surface area contributed by atoms with Gasteiger partial charge in [-0.25, -0.2) is 4.79 Å². The lowest BCUT2D eigenvalue weighted by Crippen LogP contribution is -2.35. The van der Waals surface area contributed by atoms with E-state index in [-0.39, 0.29) is 12.2 Å². The van der Waals surface area contributed by atoms with Gasteiger partial charge in [0.15, 0.2) is 0 Å². The van der Waals surface area contributed by atoms with Crippen LogP contribution in [0, 0.1) is 11.3 Å². The summed E-state index contributed by atoms with van der Waals surface area (Å²) in [5.74, 6) is 0.619. The van der Waals surface area contributed by atoms with Crippen LogP contribution in [0.2, 0.25) is 0 Å². The van der Waals surface area contributed by atoms with Crippen LogP contribution < -0.4 is 4.74 Å². The Morgan fingerprint density at radius 2 is 2.00 bits per heavy atom.